The van der Waals surface area contributed by atoms with Crippen LogP contribution >= 0.6 is 0 Å². The highest BCUT2D eigenvalue weighted by molar-refractivity contribution is 6.14. The number of para-hydroxylation sites is 2. The van der Waals surface area contributed by atoms with Crippen LogP contribution in [-0.4, -0.2) is 22.0 Å². The maximum Gasteiger partial charge on any atom is 0.215 e. The summed E-state index contributed by atoms with van der Waals surface area (Å²) >= 11 is 0. The SMILES string of the molecule is C1=CCN2C(=C1)C(c1ccccc1)=CN=C2n1c2ccccc2c2ccccc21. The van der Waals surface area contributed by atoms with Gasteiger partial charge >= 0.3 is 0 Å². The van der Waals surface area contributed by atoms with E-state index in [2.05, 4.69) is 100 Å². The summed E-state index contributed by atoms with van der Waals surface area (Å²) in [7, 11) is 0. The van der Waals surface area contributed by atoms with Gasteiger partial charge in [-0.05, 0) is 23.8 Å². The summed E-state index contributed by atoms with van der Waals surface area (Å²) in [6, 6.07) is 27.6. The Balaban J connectivity index is 1.63. The highest BCUT2D eigenvalue weighted by Gasteiger charge is 2.27. The molecule has 3 heteroatoms. The number of hydrogen-bond donors (Lipinski definition) is 0. The monoisotopic (exact) mass is 373 g/mol. The number of rotatable bonds is 1. The van der Waals surface area contributed by atoms with E-state index in [1.807, 2.05) is 12.3 Å². The Bertz CT molecular complexity index is 1310. The van der Waals surface area contributed by atoms with Gasteiger partial charge in [0.15, 0.2) is 0 Å². The first-order chi connectivity index (χ1) is 14.4. The van der Waals surface area contributed by atoms with Crippen molar-refractivity contribution >= 4 is 33.3 Å². The number of allylic oxidation sites excluding steroid dienone is 3. The van der Waals surface area contributed by atoms with Crippen molar-refractivity contribution in [3.63, 3.8) is 0 Å². The third-order valence-corrected chi connectivity index (χ3v) is 5.66. The number of fused-ring (bicyclic) bond motifs is 4. The van der Waals surface area contributed by atoms with Crippen molar-refractivity contribution in [1.29, 1.82) is 0 Å². The Kier molecular flexibility index (Phi) is 3.53. The quantitative estimate of drug-likeness (QED) is 0.412. The van der Waals surface area contributed by atoms with E-state index in [0.29, 0.717) is 0 Å². The van der Waals surface area contributed by atoms with Crippen molar-refractivity contribution in [2.24, 2.45) is 4.99 Å². The van der Waals surface area contributed by atoms with E-state index < -0.39 is 0 Å². The third-order valence-electron chi connectivity index (χ3n) is 5.66. The summed E-state index contributed by atoms with van der Waals surface area (Å²) in [5, 5.41) is 2.50. The molecular formula is C26H19N3. The molecule has 1 aromatic heterocycles. The molecule has 0 atom stereocenters. The van der Waals surface area contributed by atoms with Crippen LogP contribution in [-0.2, 0) is 0 Å². The van der Waals surface area contributed by atoms with E-state index in [-0.39, 0.29) is 0 Å². The van der Waals surface area contributed by atoms with E-state index in [1.165, 1.54) is 33.1 Å². The van der Waals surface area contributed by atoms with Crippen LogP contribution in [0.1, 0.15) is 5.56 Å². The van der Waals surface area contributed by atoms with Gasteiger partial charge in [0.05, 0.1) is 16.7 Å². The molecule has 6 rings (SSSR count). The molecule has 0 N–H and O–H groups in total. The maximum absolute atomic E-state index is 4.98. The first-order valence-electron chi connectivity index (χ1n) is 9.88. The predicted octanol–water partition coefficient (Wildman–Crippen LogP) is 5.81. The summed E-state index contributed by atoms with van der Waals surface area (Å²) in [4.78, 5) is 7.29. The lowest BCUT2D eigenvalue weighted by atomic mass is 10.00. The summed E-state index contributed by atoms with van der Waals surface area (Å²) in [5.41, 5.74) is 5.88. The van der Waals surface area contributed by atoms with Gasteiger partial charge in [-0.3, -0.25) is 4.57 Å². The number of aromatic nitrogens is 1. The summed E-state index contributed by atoms with van der Waals surface area (Å²) in [5.74, 6) is 0.942. The molecule has 0 unspecified atom stereocenters. The molecule has 0 saturated carbocycles. The van der Waals surface area contributed by atoms with Gasteiger partial charge in [0.25, 0.3) is 0 Å². The third kappa shape index (κ3) is 2.41. The van der Waals surface area contributed by atoms with E-state index in [4.69, 9.17) is 4.99 Å². The molecule has 4 aromatic rings. The van der Waals surface area contributed by atoms with Gasteiger partial charge in [-0.15, -0.1) is 0 Å². The van der Waals surface area contributed by atoms with E-state index >= 15 is 0 Å². The molecule has 3 nitrogen and oxygen atoms in total. The first-order valence-corrected chi connectivity index (χ1v) is 9.88. The standard InChI is InChI=1S/C26H19N3/c1-2-10-19(11-3-1)22-18-27-26(28-17-9-8-14-23(22)28)29-24-15-6-4-12-20(24)21-13-5-7-16-25(21)29/h1-16,18H,17H2. The number of benzene rings is 3. The molecule has 0 fully saturated rings. The molecule has 2 aliphatic rings. The minimum atomic E-state index is 0.801. The van der Waals surface area contributed by atoms with Crippen LogP contribution in [0.3, 0.4) is 0 Å². The van der Waals surface area contributed by atoms with Crippen molar-refractivity contribution in [2.45, 2.75) is 0 Å². The van der Waals surface area contributed by atoms with E-state index in [9.17, 15) is 0 Å². The zero-order chi connectivity index (χ0) is 19.2. The van der Waals surface area contributed by atoms with E-state index in [0.717, 1.165) is 18.1 Å². The molecule has 29 heavy (non-hydrogen) atoms. The summed E-state index contributed by atoms with van der Waals surface area (Å²) in [6.07, 6.45) is 8.51. The van der Waals surface area contributed by atoms with Crippen molar-refractivity contribution in [2.75, 3.05) is 6.54 Å². The normalized spacial score (nSPS) is 15.9. The van der Waals surface area contributed by atoms with Crippen LogP contribution in [0.5, 0.6) is 0 Å². The van der Waals surface area contributed by atoms with Crippen LogP contribution in [0.2, 0.25) is 0 Å². The zero-order valence-corrected chi connectivity index (χ0v) is 15.9. The van der Waals surface area contributed by atoms with Crippen molar-refractivity contribution in [1.82, 2.24) is 9.47 Å². The average Bonchev–Trinajstić information content (AvgIpc) is 3.13. The van der Waals surface area contributed by atoms with Crippen molar-refractivity contribution in [3.8, 4) is 0 Å². The number of aliphatic imine (C=N–C) groups is 1. The van der Waals surface area contributed by atoms with Gasteiger partial charge in [0.1, 0.15) is 0 Å². The Morgan fingerprint density at radius 1 is 0.724 bits per heavy atom. The van der Waals surface area contributed by atoms with Crippen LogP contribution in [0.25, 0.3) is 27.4 Å². The Morgan fingerprint density at radius 3 is 2.10 bits per heavy atom. The van der Waals surface area contributed by atoms with Crippen molar-refractivity contribution in [3.05, 3.63) is 115 Å². The predicted molar refractivity (Wildman–Crippen MR) is 121 cm³/mol. The molecule has 0 amide bonds. The van der Waals surface area contributed by atoms with E-state index in [1.54, 1.807) is 0 Å². The fourth-order valence-corrected chi connectivity index (χ4v) is 4.35. The van der Waals surface area contributed by atoms with Crippen molar-refractivity contribution < 1.29 is 0 Å². The molecule has 0 spiro atoms. The molecule has 0 bridgehead atoms. The molecule has 3 aromatic carbocycles. The van der Waals surface area contributed by atoms with Gasteiger partial charge in [0, 0.05) is 29.1 Å². The highest BCUT2D eigenvalue weighted by atomic mass is 15.3. The zero-order valence-electron chi connectivity index (χ0n) is 15.9. The fraction of sp³-hybridized carbons (Fsp3) is 0.0385. The first kappa shape index (κ1) is 16.1. The smallest absolute Gasteiger partial charge is 0.215 e. The van der Waals surface area contributed by atoms with Gasteiger partial charge < -0.3 is 4.90 Å². The Hall–Kier alpha value is -3.85. The second-order valence-corrected chi connectivity index (χ2v) is 7.30. The minimum absolute atomic E-state index is 0.801. The molecule has 138 valence electrons. The molecular weight excluding hydrogens is 354 g/mol. The molecule has 0 radical (unpaired) electrons. The van der Waals surface area contributed by atoms with Crippen LogP contribution in [0.4, 0.5) is 0 Å². The maximum atomic E-state index is 4.98. The lowest BCUT2D eigenvalue weighted by molar-refractivity contribution is 0.562. The van der Waals surface area contributed by atoms with Gasteiger partial charge in [0.2, 0.25) is 5.96 Å². The lowest BCUT2D eigenvalue weighted by Gasteiger charge is -2.34. The highest BCUT2D eigenvalue weighted by Crippen LogP contribution is 2.35. The molecule has 2 aliphatic heterocycles. The summed E-state index contributed by atoms with van der Waals surface area (Å²) < 4.78 is 2.29. The Morgan fingerprint density at radius 2 is 1.38 bits per heavy atom. The molecule has 0 aliphatic carbocycles. The average molecular weight is 373 g/mol. The van der Waals surface area contributed by atoms with Crippen LogP contribution in [0, 0.1) is 0 Å². The number of nitrogens with zero attached hydrogens (tertiary/aromatic N) is 3. The lowest BCUT2D eigenvalue weighted by Crippen LogP contribution is -2.38. The van der Waals surface area contributed by atoms with Gasteiger partial charge in [-0.2, -0.15) is 0 Å². The Labute approximate surface area is 169 Å². The molecule has 0 saturated heterocycles. The van der Waals surface area contributed by atoms with Crippen LogP contribution < -0.4 is 0 Å². The summed E-state index contributed by atoms with van der Waals surface area (Å²) in [6.45, 7) is 0.801. The topological polar surface area (TPSA) is 20.5 Å². The van der Waals surface area contributed by atoms with Gasteiger partial charge in [-0.25, -0.2) is 4.99 Å². The van der Waals surface area contributed by atoms with Crippen LogP contribution in [0.15, 0.2) is 114 Å². The second-order valence-electron chi connectivity index (χ2n) is 7.30. The minimum Gasteiger partial charge on any atom is -0.307 e. The largest absolute Gasteiger partial charge is 0.307 e. The molecule has 3 heterocycles. The number of hydrogen-bond acceptors (Lipinski definition) is 2. The second kappa shape index (κ2) is 6.35. The van der Waals surface area contributed by atoms with Gasteiger partial charge in [-0.1, -0.05) is 78.9 Å². The fourth-order valence-electron chi connectivity index (χ4n) is 4.35.